The lowest BCUT2D eigenvalue weighted by molar-refractivity contribution is 0.0987. The molecule has 2 aliphatic heterocycles. The molecule has 0 spiro atoms. The van der Waals surface area contributed by atoms with Crippen molar-refractivity contribution in [3.05, 3.63) is 18.1 Å². The first-order valence-corrected chi connectivity index (χ1v) is 5.87. The molecule has 88 valence electrons. The molecule has 6 nitrogen and oxygen atoms in total. The standard InChI is InChI=1S/C11H13N5O/c1-7-2-10(16-11(14-7)12-6-13-16)15-4-9-3-8(15)5-17-9/h2,6,8-9H,3-5H2,1H3. The second-order valence-corrected chi connectivity index (χ2v) is 4.72. The summed E-state index contributed by atoms with van der Waals surface area (Å²) in [4.78, 5) is 10.9. The number of hydrogen-bond acceptors (Lipinski definition) is 5. The van der Waals surface area contributed by atoms with Gasteiger partial charge in [-0.15, -0.1) is 0 Å². The lowest BCUT2D eigenvalue weighted by atomic mass is 10.2. The third kappa shape index (κ3) is 1.27. The minimum Gasteiger partial charge on any atom is -0.374 e. The smallest absolute Gasteiger partial charge is 0.254 e. The van der Waals surface area contributed by atoms with Crippen molar-refractivity contribution in [2.75, 3.05) is 18.1 Å². The monoisotopic (exact) mass is 231 g/mol. The fraction of sp³-hybridized carbons (Fsp3) is 0.545. The molecule has 2 bridgehead atoms. The summed E-state index contributed by atoms with van der Waals surface area (Å²) in [6.07, 6.45) is 3.06. The van der Waals surface area contributed by atoms with Gasteiger partial charge in [-0.05, 0) is 13.3 Å². The molecule has 0 saturated carbocycles. The van der Waals surface area contributed by atoms with Gasteiger partial charge in [-0.25, -0.2) is 4.98 Å². The summed E-state index contributed by atoms with van der Waals surface area (Å²) in [5.74, 6) is 1.75. The lowest BCUT2D eigenvalue weighted by Gasteiger charge is -2.28. The van der Waals surface area contributed by atoms with Gasteiger partial charge in [0.2, 0.25) is 0 Å². The van der Waals surface area contributed by atoms with Gasteiger partial charge in [0.1, 0.15) is 12.1 Å². The van der Waals surface area contributed by atoms with Crippen LogP contribution in [0.1, 0.15) is 12.1 Å². The van der Waals surface area contributed by atoms with E-state index in [4.69, 9.17) is 4.74 Å². The predicted molar refractivity (Wildman–Crippen MR) is 61.0 cm³/mol. The Morgan fingerprint density at radius 1 is 1.47 bits per heavy atom. The molecule has 6 heteroatoms. The van der Waals surface area contributed by atoms with Crippen molar-refractivity contribution in [2.24, 2.45) is 0 Å². The molecule has 2 saturated heterocycles. The molecule has 2 aliphatic rings. The highest BCUT2D eigenvalue weighted by molar-refractivity contribution is 5.49. The van der Waals surface area contributed by atoms with Crippen molar-refractivity contribution in [2.45, 2.75) is 25.5 Å². The van der Waals surface area contributed by atoms with Crippen molar-refractivity contribution < 1.29 is 4.74 Å². The maximum Gasteiger partial charge on any atom is 0.254 e. The highest BCUT2D eigenvalue weighted by Gasteiger charge is 2.40. The van der Waals surface area contributed by atoms with Crippen molar-refractivity contribution in [3.8, 4) is 0 Å². The number of rotatable bonds is 1. The van der Waals surface area contributed by atoms with Crippen LogP contribution < -0.4 is 4.90 Å². The van der Waals surface area contributed by atoms with Crippen LogP contribution in [-0.2, 0) is 4.74 Å². The molecule has 0 N–H and O–H groups in total. The Hall–Kier alpha value is -1.69. The first-order chi connectivity index (χ1) is 8.31. The van der Waals surface area contributed by atoms with E-state index >= 15 is 0 Å². The maximum atomic E-state index is 5.62. The fourth-order valence-electron chi connectivity index (χ4n) is 2.80. The number of hydrogen-bond donors (Lipinski definition) is 0. The van der Waals surface area contributed by atoms with E-state index < -0.39 is 0 Å². The van der Waals surface area contributed by atoms with E-state index in [0.29, 0.717) is 17.9 Å². The van der Waals surface area contributed by atoms with Crippen molar-refractivity contribution >= 4 is 11.6 Å². The van der Waals surface area contributed by atoms with Gasteiger partial charge in [0, 0.05) is 18.3 Å². The van der Waals surface area contributed by atoms with Crippen LogP contribution in [0.25, 0.3) is 5.78 Å². The molecule has 2 unspecified atom stereocenters. The van der Waals surface area contributed by atoms with Crippen LogP contribution in [0.2, 0.25) is 0 Å². The predicted octanol–water partition coefficient (Wildman–Crippen LogP) is 0.410. The van der Waals surface area contributed by atoms with Gasteiger partial charge in [0.25, 0.3) is 5.78 Å². The molecule has 0 radical (unpaired) electrons. The number of aromatic nitrogens is 4. The molecule has 2 aromatic heterocycles. The zero-order valence-corrected chi connectivity index (χ0v) is 9.58. The van der Waals surface area contributed by atoms with Crippen LogP contribution in [0.4, 0.5) is 5.82 Å². The second-order valence-electron chi connectivity index (χ2n) is 4.72. The molecule has 4 rings (SSSR count). The Labute approximate surface area is 98.2 Å². The average Bonchev–Trinajstić information content (AvgIpc) is 3.02. The second kappa shape index (κ2) is 3.16. The lowest BCUT2D eigenvalue weighted by Crippen LogP contribution is -2.38. The van der Waals surface area contributed by atoms with Gasteiger partial charge < -0.3 is 9.64 Å². The fourth-order valence-corrected chi connectivity index (χ4v) is 2.80. The molecule has 2 atom stereocenters. The number of ether oxygens (including phenoxy) is 1. The van der Waals surface area contributed by atoms with Crippen LogP contribution in [0.3, 0.4) is 0 Å². The van der Waals surface area contributed by atoms with Crippen LogP contribution in [0.5, 0.6) is 0 Å². The summed E-state index contributed by atoms with van der Waals surface area (Å²) < 4.78 is 7.44. The molecule has 0 aromatic carbocycles. The van der Waals surface area contributed by atoms with E-state index in [1.165, 1.54) is 0 Å². The van der Waals surface area contributed by atoms with E-state index in [9.17, 15) is 0 Å². The largest absolute Gasteiger partial charge is 0.374 e. The average molecular weight is 231 g/mol. The molecule has 0 aliphatic carbocycles. The Morgan fingerprint density at radius 3 is 3.18 bits per heavy atom. The first kappa shape index (κ1) is 9.35. The van der Waals surface area contributed by atoms with Gasteiger partial charge in [-0.2, -0.15) is 14.6 Å². The number of nitrogens with zero attached hydrogens (tertiary/aromatic N) is 5. The SMILES string of the molecule is Cc1cc(N2CC3CC2CO3)n2ncnc2n1. The minimum absolute atomic E-state index is 0.382. The normalized spacial score (nSPS) is 27.2. The summed E-state index contributed by atoms with van der Waals surface area (Å²) in [5, 5.41) is 4.25. The first-order valence-electron chi connectivity index (χ1n) is 5.87. The maximum absolute atomic E-state index is 5.62. The van der Waals surface area contributed by atoms with E-state index in [1.54, 1.807) is 6.33 Å². The minimum atomic E-state index is 0.382. The summed E-state index contributed by atoms with van der Waals surface area (Å²) in [5.41, 5.74) is 0.976. The molecule has 17 heavy (non-hydrogen) atoms. The Balaban J connectivity index is 1.87. The molecule has 2 aromatic rings. The quantitative estimate of drug-likeness (QED) is 0.711. The van der Waals surface area contributed by atoms with Crippen LogP contribution in [-0.4, -0.2) is 44.9 Å². The molecule has 2 fully saturated rings. The van der Waals surface area contributed by atoms with Crippen molar-refractivity contribution in [3.63, 3.8) is 0 Å². The van der Waals surface area contributed by atoms with E-state index in [1.807, 2.05) is 11.4 Å². The highest BCUT2D eigenvalue weighted by atomic mass is 16.5. The van der Waals surface area contributed by atoms with Gasteiger partial charge >= 0.3 is 0 Å². The van der Waals surface area contributed by atoms with Crippen LogP contribution in [0, 0.1) is 6.92 Å². The summed E-state index contributed by atoms with van der Waals surface area (Å²) in [6.45, 7) is 3.76. The van der Waals surface area contributed by atoms with Crippen LogP contribution >= 0.6 is 0 Å². The van der Waals surface area contributed by atoms with Crippen molar-refractivity contribution in [1.29, 1.82) is 0 Å². The summed E-state index contributed by atoms with van der Waals surface area (Å²) in [6, 6.07) is 2.55. The number of anilines is 1. The number of morpholine rings is 1. The number of fused-ring (bicyclic) bond motifs is 3. The Morgan fingerprint density at radius 2 is 2.41 bits per heavy atom. The van der Waals surface area contributed by atoms with E-state index in [2.05, 4.69) is 26.0 Å². The zero-order chi connectivity index (χ0) is 11.4. The topological polar surface area (TPSA) is 55.6 Å². The van der Waals surface area contributed by atoms with Crippen LogP contribution in [0.15, 0.2) is 12.4 Å². The highest BCUT2D eigenvalue weighted by Crippen LogP contribution is 2.32. The Kier molecular flexibility index (Phi) is 1.74. The van der Waals surface area contributed by atoms with Gasteiger partial charge in [-0.3, -0.25) is 0 Å². The number of aryl methyl sites for hydroxylation is 1. The molecular weight excluding hydrogens is 218 g/mol. The Bertz CT molecular complexity index is 580. The van der Waals surface area contributed by atoms with E-state index in [-0.39, 0.29) is 0 Å². The van der Waals surface area contributed by atoms with Gasteiger partial charge in [0.15, 0.2) is 0 Å². The molecule has 4 heterocycles. The summed E-state index contributed by atoms with van der Waals surface area (Å²) in [7, 11) is 0. The van der Waals surface area contributed by atoms with Crippen molar-refractivity contribution in [1.82, 2.24) is 19.6 Å². The zero-order valence-electron chi connectivity index (χ0n) is 9.58. The third-order valence-corrected chi connectivity index (χ3v) is 3.56. The molecule has 0 amide bonds. The van der Waals surface area contributed by atoms with Gasteiger partial charge in [-0.1, -0.05) is 0 Å². The van der Waals surface area contributed by atoms with Gasteiger partial charge in [0.05, 0.1) is 18.8 Å². The third-order valence-electron chi connectivity index (χ3n) is 3.56. The van der Waals surface area contributed by atoms with E-state index in [0.717, 1.165) is 31.1 Å². The molecular formula is C11H13N5O. The summed E-state index contributed by atoms with van der Waals surface area (Å²) >= 11 is 0.